The number of rotatable bonds is 9. The molecule has 2 atom stereocenters. The number of halogens is 2. The molecule has 3 aromatic rings. The fourth-order valence-corrected chi connectivity index (χ4v) is 6.72. The molecule has 14 heteroatoms. The van der Waals surface area contributed by atoms with Gasteiger partial charge in [-0.25, -0.2) is 4.98 Å². The Hall–Kier alpha value is -2.74. The molecule has 0 bridgehead atoms. The summed E-state index contributed by atoms with van der Waals surface area (Å²) in [6, 6.07) is 6.18. The van der Waals surface area contributed by atoms with Crippen molar-refractivity contribution in [3.05, 3.63) is 50.6 Å². The predicted molar refractivity (Wildman–Crippen MR) is 164 cm³/mol. The Labute approximate surface area is 259 Å². The maximum atomic E-state index is 13.4. The smallest absolute Gasteiger partial charge is 0.280 e. The normalized spacial score (nSPS) is 18.9. The van der Waals surface area contributed by atoms with Gasteiger partial charge in [-0.3, -0.25) is 14.4 Å². The van der Waals surface area contributed by atoms with Crippen molar-refractivity contribution in [3.8, 4) is 0 Å². The molecule has 11 nitrogen and oxygen atoms in total. The Morgan fingerprint density at radius 2 is 1.86 bits per heavy atom. The van der Waals surface area contributed by atoms with Gasteiger partial charge in [-0.15, -0.1) is 23.7 Å². The summed E-state index contributed by atoms with van der Waals surface area (Å²) < 4.78 is 10.5. The van der Waals surface area contributed by atoms with E-state index in [1.807, 2.05) is 13.1 Å². The number of likely N-dealkylation sites (N-methyl/N-ethyl adjacent to an activating group) is 1. The van der Waals surface area contributed by atoms with Crippen LogP contribution < -0.4 is 10.6 Å². The highest BCUT2D eigenvalue weighted by molar-refractivity contribution is 7.13. The largest absolute Gasteiger partial charge is 0.384 e. The van der Waals surface area contributed by atoms with Gasteiger partial charge >= 0.3 is 0 Å². The van der Waals surface area contributed by atoms with Crippen molar-refractivity contribution in [1.82, 2.24) is 30.4 Å². The molecule has 2 unspecified atom stereocenters. The number of nitrogens with one attached hydrogen (secondary N) is 3. The molecule has 1 aromatic carbocycles. The number of likely N-dealkylation sites (tertiary alicyclic amines) is 1. The molecular formula is C28H36Cl2N6O5S. The van der Waals surface area contributed by atoms with Crippen molar-refractivity contribution in [1.29, 1.82) is 0 Å². The molecule has 0 saturated carbocycles. The number of ether oxygens (including phenoxy) is 2. The van der Waals surface area contributed by atoms with Crippen molar-refractivity contribution < 1.29 is 23.9 Å². The van der Waals surface area contributed by atoms with Crippen molar-refractivity contribution in [2.45, 2.75) is 31.5 Å². The number of H-pyrrole nitrogens is 1. The molecule has 3 N–H and O–H groups in total. The molecular weight excluding hydrogens is 603 g/mol. The predicted octanol–water partition coefficient (Wildman–Crippen LogP) is 2.73. The van der Waals surface area contributed by atoms with Gasteiger partial charge in [0.15, 0.2) is 5.01 Å². The average molecular weight is 640 g/mol. The monoisotopic (exact) mass is 638 g/mol. The van der Waals surface area contributed by atoms with E-state index in [0.29, 0.717) is 28.7 Å². The maximum absolute atomic E-state index is 13.4. The van der Waals surface area contributed by atoms with Crippen LogP contribution in [0.4, 0.5) is 0 Å². The SMILES string of the molecule is COCC(COC)C(=O)N1CCC(NC(=O)c2cc3cc(Cl)ccc3[nH]2)C(NC(=O)c2nc3c(s2)CN(C)CC3)C1.Cl. The van der Waals surface area contributed by atoms with E-state index in [9.17, 15) is 14.4 Å². The van der Waals surface area contributed by atoms with Crippen LogP contribution in [0.15, 0.2) is 24.3 Å². The van der Waals surface area contributed by atoms with Gasteiger partial charge in [0.05, 0.1) is 36.9 Å². The summed E-state index contributed by atoms with van der Waals surface area (Å²) in [6.45, 7) is 2.76. The zero-order chi connectivity index (χ0) is 29.1. The van der Waals surface area contributed by atoms with E-state index in [1.54, 1.807) is 37.3 Å². The number of piperidine rings is 1. The zero-order valence-corrected chi connectivity index (χ0v) is 26.2. The number of carbonyl (C=O) groups excluding carboxylic acids is 3. The van der Waals surface area contributed by atoms with Crippen LogP contribution in [-0.2, 0) is 27.2 Å². The minimum Gasteiger partial charge on any atom is -0.384 e. The second-order valence-electron chi connectivity index (χ2n) is 10.6. The second kappa shape index (κ2) is 14.2. The van der Waals surface area contributed by atoms with Crippen LogP contribution in [0.5, 0.6) is 0 Å². The fraction of sp³-hybridized carbons (Fsp3) is 0.500. The number of aromatic amines is 1. The molecule has 2 aromatic heterocycles. The van der Waals surface area contributed by atoms with E-state index in [2.05, 4.69) is 25.5 Å². The Morgan fingerprint density at radius 3 is 2.60 bits per heavy atom. The minimum absolute atomic E-state index is 0. The van der Waals surface area contributed by atoms with Crippen LogP contribution in [-0.4, -0.2) is 104 Å². The van der Waals surface area contributed by atoms with E-state index >= 15 is 0 Å². The number of methoxy groups -OCH3 is 2. The molecule has 0 radical (unpaired) electrons. The standard InChI is InChI=1S/C28H35ClN6O5S.ClH/c1-34-8-6-21-24(13-34)41-27(33-21)26(37)32-23-12-35(28(38)17(14-39-2)15-40-3)9-7-20(23)31-25(36)22-11-16-10-18(29)4-5-19(16)30-22;/h4-5,10-11,17,20,23,30H,6-9,12-15H2,1-3H3,(H,31,36)(H,32,37);1H. The first-order chi connectivity index (χ1) is 19.7. The van der Waals surface area contributed by atoms with Crippen LogP contribution in [0.25, 0.3) is 10.9 Å². The summed E-state index contributed by atoms with van der Waals surface area (Å²) in [7, 11) is 5.14. The lowest BCUT2D eigenvalue weighted by atomic mass is 9.97. The molecule has 4 heterocycles. The molecule has 0 spiro atoms. The number of fused-ring (bicyclic) bond motifs is 2. The highest BCUT2D eigenvalue weighted by Gasteiger charge is 2.37. The summed E-state index contributed by atoms with van der Waals surface area (Å²) >= 11 is 7.51. The lowest BCUT2D eigenvalue weighted by molar-refractivity contribution is -0.140. The molecule has 2 aliphatic rings. The average Bonchev–Trinajstić information content (AvgIpc) is 3.57. The lowest BCUT2D eigenvalue weighted by Crippen LogP contribution is -2.62. The van der Waals surface area contributed by atoms with Gasteiger partial charge < -0.3 is 34.9 Å². The Kier molecular flexibility index (Phi) is 10.8. The topological polar surface area (TPSA) is 129 Å². The Bertz CT molecular complexity index is 1420. The first-order valence-electron chi connectivity index (χ1n) is 13.6. The summed E-state index contributed by atoms with van der Waals surface area (Å²) in [4.78, 5) is 52.8. The third kappa shape index (κ3) is 7.24. The minimum atomic E-state index is -0.530. The summed E-state index contributed by atoms with van der Waals surface area (Å²) in [5, 5.41) is 7.96. The van der Waals surface area contributed by atoms with Gasteiger partial charge in [0.1, 0.15) is 5.69 Å². The first kappa shape index (κ1) is 32.2. The highest BCUT2D eigenvalue weighted by Crippen LogP contribution is 2.25. The molecule has 1 saturated heterocycles. The number of carbonyl (C=O) groups is 3. The molecule has 1 fully saturated rings. The van der Waals surface area contributed by atoms with Gasteiger partial charge in [-0.1, -0.05) is 11.6 Å². The zero-order valence-electron chi connectivity index (χ0n) is 23.8. The molecule has 3 amide bonds. The van der Waals surface area contributed by atoms with E-state index in [-0.39, 0.29) is 49.9 Å². The van der Waals surface area contributed by atoms with Crippen LogP contribution in [0, 0.1) is 5.92 Å². The number of amides is 3. The van der Waals surface area contributed by atoms with Crippen molar-refractivity contribution >= 4 is 64.0 Å². The van der Waals surface area contributed by atoms with E-state index in [4.69, 9.17) is 21.1 Å². The fourth-order valence-electron chi connectivity index (χ4n) is 5.44. The van der Waals surface area contributed by atoms with E-state index < -0.39 is 18.0 Å². The first-order valence-corrected chi connectivity index (χ1v) is 14.8. The Morgan fingerprint density at radius 1 is 1.12 bits per heavy atom. The van der Waals surface area contributed by atoms with Crippen molar-refractivity contribution in [2.75, 3.05) is 54.1 Å². The van der Waals surface area contributed by atoms with Crippen molar-refractivity contribution in [2.24, 2.45) is 5.92 Å². The second-order valence-corrected chi connectivity index (χ2v) is 12.2. The quantitative estimate of drug-likeness (QED) is 0.329. The van der Waals surface area contributed by atoms with Crippen LogP contribution in [0.3, 0.4) is 0 Å². The van der Waals surface area contributed by atoms with Gasteiger partial charge in [0.2, 0.25) is 5.91 Å². The number of thiazole rings is 1. The third-order valence-corrected chi connectivity index (χ3v) is 8.90. The van der Waals surface area contributed by atoms with Gasteiger partial charge in [0, 0.05) is 67.6 Å². The van der Waals surface area contributed by atoms with Crippen LogP contribution in [0.2, 0.25) is 5.02 Å². The van der Waals surface area contributed by atoms with Gasteiger partial charge in [-0.2, -0.15) is 0 Å². The number of aromatic nitrogens is 2. The summed E-state index contributed by atoms with van der Waals surface area (Å²) in [5.74, 6) is -1.19. The number of hydrogen-bond acceptors (Lipinski definition) is 8. The van der Waals surface area contributed by atoms with Crippen molar-refractivity contribution in [3.63, 3.8) is 0 Å². The van der Waals surface area contributed by atoms with Crippen LogP contribution in [0.1, 0.15) is 37.3 Å². The maximum Gasteiger partial charge on any atom is 0.280 e. The highest BCUT2D eigenvalue weighted by atomic mass is 35.5. The third-order valence-electron chi connectivity index (χ3n) is 7.59. The molecule has 2 aliphatic heterocycles. The molecule has 0 aliphatic carbocycles. The number of benzene rings is 1. The molecule has 42 heavy (non-hydrogen) atoms. The van der Waals surface area contributed by atoms with E-state index in [0.717, 1.165) is 41.0 Å². The molecule has 228 valence electrons. The van der Waals surface area contributed by atoms with E-state index in [1.165, 1.54) is 11.3 Å². The summed E-state index contributed by atoms with van der Waals surface area (Å²) in [6.07, 6.45) is 1.26. The van der Waals surface area contributed by atoms with Gasteiger partial charge in [0.25, 0.3) is 11.8 Å². The number of hydrogen-bond donors (Lipinski definition) is 3. The summed E-state index contributed by atoms with van der Waals surface area (Å²) in [5.41, 5.74) is 2.15. The molecule has 5 rings (SSSR count). The number of nitrogens with zero attached hydrogens (tertiary/aromatic N) is 3. The van der Waals surface area contributed by atoms with Crippen LogP contribution >= 0.6 is 35.3 Å². The van der Waals surface area contributed by atoms with Gasteiger partial charge in [-0.05, 0) is 37.7 Å². The Balaban J connectivity index is 0.00000405. The lowest BCUT2D eigenvalue weighted by Gasteiger charge is -2.40.